The predicted molar refractivity (Wildman–Crippen MR) is 74.1 cm³/mol. The van der Waals surface area contributed by atoms with Gasteiger partial charge in [-0.1, -0.05) is 18.2 Å². The first-order valence-electron chi connectivity index (χ1n) is 6.84. The van der Waals surface area contributed by atoms with Crippen LogP contribution in [0.15, 0.2) is 18.2 Å². The molecular formula is C15H23NO3. The predicted octanol–water partition coefficient (Wildman–Crippen LogP) is 1.58. The van der Waals surface area contributed by atoms with E-state index in [4.69, 9.17) is 9.84 Å². The average Bonchev–Trinajstić information content (AvgIpc) is 2.84. The number of hydrogen-bond donors (Lipinski definition) is 3. The van der Waals surface area contributed by atoms with Crippen molar-refractivity contribution >= 4 is 0 Å². The molecule has 1 aliphatic rings. The Morgan fingerprint density at radius 3 is 2.95 bits per heavy atom. The van der Waals surface area contributed by atoms with E-state index in [0.29, 0.717) is 18.9 Å². The molecule has 1 aromatic rings. The Morgan fingerprint density at radius 1 is 1.42 bits per heavy atom. The van der Waals surface area contributed by atoms with Crippen molar-refractivity contribution in [2.75, 3.05) is 26.4 Å². The number of phenolic OH excluding ortho intramolecular Hbond substituents is 1. The lowest BCUT2D eigenvalue weighted by molar-refractivity contribution is 0.124. The summed E-state index contributed by atoms with van der Waals surface area (Å²) in [4.78, 5) is 0. The number of rotatable bonds is 6. The Balaban J connectivity index is 1.90. The lowest BCUT2D eigenvalue weighted by Gasteiger charge is -2.27. The van der Waals surface area contributed by atoms with Crippen molar-refractivity contribution in [2.24, 2.45) is 5.41 Å². The number of benzene rings is 1. The Kier molecular flexibility index (Phi) is 4.80. The molecule has 1 aliphatic heterocycles. The van der Waals surface area contributed by atoms with Crippen LogP contribution in [0.5, 0.6) is 5.75 Å². The number of nitrogens with one attached hydrogen (secondary N) is 1. The van der Waals surface area contributed by atoms with E-state index >= 15 is 0 Å². The van der Waals surface area contributed by atoms with E-state index in [0.717, 1.165) is 37.1 Å². The Hall–Kier alpha value is -1.10. The SMILES string of the molecule is Cc1cccc(CNCC2(CCO)CCOC2)c1O. The van der Waals surface area contributed by atoms with Crippen LogP contribution in [0.4, 0.5) is 0 Å². The van der Waals surface area contributed by atoms with Gasteiger partial charge < -0.3 is 20.3 Å². The smallest absolute Gasteiger partial charge is 0.122 e. The quantitative estimate of drug-likeness (QED) is 0.731. The highest BCUT2D eigenvalue weighted by atomic mass is 16.5. The number of ether oxygens (including phenoxy) is 1. The van der Waals surface area contributed by atoms with Crippen molar-refractivity contribution in [3.8, 4) is 5.75 Å². The molecule has 1 heterocycles. The van der Waals surface area contributed by atoms with Gasteiger partial charge in [-0.2, -0.15) is 0 Å². The number of aliphatic hydroxyl groups excluding tert-OH is 1. The fraction of sp³-hybridized carbons (Fsp3) is 0.600. The summed E-state index contributed by atoms with van der Waals surface area (Å²) >= 11 is 0. The average molecular weight is 265 g/mol. The van der Waals surface area contributed by atoms with Gasteiger partial charge in [-0.15, -0.1) is 0 Å². The summed E-state index contributed by atoms with van der Waals surface area (Å²) in [5, 5.41) is 22.5. The molecule has 4 heteroatoms. The fourth-order valence-corrected chi connectivity index (χ4v) is 2.64. The molecule has 0 spiro atoms. The highest BCUT2D eigenvalue weighted by Gasteiger charge is 2.33. The lowest BCUT2D eigenvalue weighted by atomic mass is 9.84. The summed E-state index contributed by atoms with van der Waals surface area (Å²) in [6, 6.07) is 5.78. The van der Waals surface area contributed by atoms with Gasteiger partial charge in [0.2, 0.25) is 0 Å². The van der Waals surface area contributed by atoms with Gasteiger partial charge in [0.15, 0.2) is 0 Å². The largest absolute Gasteiger partial charge is 0.507 e. The zero-order valence-electron chi connectivity index (χ0n) is 11.5. The monoisotopic (exact) mass is 265 g/mol. The van der Waals surface area contributed by atoms with Crippen LogP contribution in [0.1, 0.15) is 24.0 Å². The van der Waals surface area contributed by atoms with Crippen LogP contribution < -0.4 is 5.32 Å². The van der Waals surface area contributed by atoms with Crippen molar-refractivity contribution in [1.29, 1.82) is 0 Å². The number of phenols is 1. The lowest BCUT2D eigenvalue weighted by Crippen LogP contribution is -2.35. The molecule has 1 saturated heterocycles. The highest BCUT2D eigenvalue weighted by Crippen LogP contribution is 2.31. The van der Waals surface area contributed by atoms with Gasteiger partial charge >= 0.3 is 0 Å². The van der Waals surface area contributed by atoms with Crippen LogP contribution in [-0.4, -0.2) is 36.6 Å². The van der Waals surface area contributed by atoms with Gasteiger partial charge in [0.1, 0.15) is 5.75 Å². The minimum absolute atomic E-state index is 0.0498. The Morgan fingerprint density at radius 2 is 2.26 bits per heavy atom. The van der Waals surface area contributed by atoms with Crippen LogP contribution in [0.25, 0.3) is 0 Å². The normalized spacial score (nSPS) is 22.8. The zero-order valence-corrected chi connectivity index (χ0v) is 11.5. The second kappa shape index (κ2) is 6.37. The van der Waals surface area contributed by atoms with Crippen LogP contribution >= 0.6 is 0 Å². The molecule has 0 amide bonds. The van der Waals surface area contributed by atoms with Crippen LogP contribution in [0.2, 0.25) is 0 Å². The van der Waals surface area contributed by atoms with E-state index in [1.807, 2.05) is 25.1 Å². The molecule has 2 rings (SSSR count). The van der Waals surface area contributed by atoms with Gasteiger partial charge in [0.05, 0.1) is 6.61 Å². The fourth-order valence-electron chi connectivity index (χ4n) is 2.64. The summed E-state index contributed by atoms with van der Waals surface area (Å²) in [6.45, 7) is 5.02. The first-order chi connectivity index (χ1) is 9.17. The Labute approximate surface area is 114 Å². The van der Waals surface area contributed by atoms with E-state index in [-0.39, 0.29) is 12.0 Å². The summed E-state index contributed by atoms with van der Waals surface area (Å²) in [5.74, 6) is 0.369. The van der Waals surface area contributed by atoms with E-state index < -0.39 is 0 Å². The van der Waals surface area contributed by atoms with Crippen molar-refractivity contribution < 1.29 is 14.9 Å². The van der Waals surface area contributed by atoms with Gasteiger partial charge in [0, 0.05) is 37.3 Å². The summed E-state index contributed by atoms with van der Waals surface area (Å²) in [7, 11) is 0. The minimum atomic E-state index is 0.0498. The Bertz CT molecular complexity index is 414. The number of hydrogen-bond acceptors (Lipinski definition) is 4. The van der Waals surface area contributed by atoms with E-state index in [9.17, 15) is 5.11 Å². The third-order valence-corrected chi connectivity index (χ3v) is 3.96. The molecule has 1 atom stereocenters. The number of para-hydroxylation sites is 1. The zero-order chi connectivity index (χ0) is 13.7. The maximum atomic E-state index is 9.95. The minimum Gasteiger partial charge on any atom is -0.507 e. The molecule has 19 heavy (non-hydrogen) atoms. The third kappa shape index (κ3) is 3.47. The van der Waals surface area contributed by atoms with Crippen LogP contribution in [-0.2, 0) is 11.3 Å². The standard InChI is InChI=1S/C15H23NO3/c1-12-3-2-4-13(14(12)18)9-16-10-15(5-7-17)6-8-19-11-15/h2-4,16-18H,5-11H2,1H3. The van der Waals surface area contributed by atoms with Crippen LogP contribution in [0, 0.1) is 12.3 Å². The molecule has 4 nitrogen and oxygen atoms in total. The first-order valence-corrected chi connectivity index (χ1v) is 6.84. The van der Waals surface area contributed by atoms with Gasteiger partial charge in [-0.3, -0.25) is 0 Å². The number of aromatic hydroxyl groups is 1. The van der Waals surface area contributed by atoms with Crippen molar-refractivity contribution in [3.63, 3.8) is 0 Å². The van der Waals surface area contributed by atoms with E-state index in [1.165, 1.54) is 0 Å². The van der Waals surface area contributed by atoms with Crippen molar-refractivity contribution in [3.05, 3.63) is 29.3 Å². The molecule has 0 aliphatic carbocycles. The summed E-state index contributed by atoms with van der Waals surface area (Å²) < 4.78 is 5.46. The van der Waals surface area contributed by atoms with E-state index in [1.54, 1.807) is 0 Å². The van der Waals surface area contributed by atoms with Crippen molar-refractivity contribution in [1.82, 2.24) is 5.32 Å². The molecule has 106 valence electrons. The second-order valence-electron chi connectivity index (χ2n) is 5.46. The second-order valence-corrected chi connectivity index (χ2v) is 5.46. The molecular weight excluding hydrogens is 242 g/mol. The molecule has 1 fully saturated rings. The van der Waals surface area contributed by atoms with Crippen molar-refractivity contribution in [2.45, 2.75) is 26.3 Å². The number of aryl methyl sites for hydroxylation is 1. The maximum absolute atomic E-state index is 9.95. The maximum Gasteiger partial charge on any atom is 0.122 e. The first kappa shape index (κ1) is 14.3. The topological polar surface area (TPSA) is 61.7 Å². The molecule has 1 unspecified atom stereocenters. The molecule has 0 bridgehead atoms. The molecule has 0 radical (unpaired) electrons. The highest BCUT2D eigenvalue weighted by molar-refractivity contribution is 5.39. The molecule has 3 N–H and O–H groups in total. The van der Waals surface area contributed by atoms with E-state index in [2.05, 4.69) is 5.32 Å². The van der Waals surface area contributed by atoms with Gasteiger partial charge in [-0.05, 0) is 25.3 Å². The molecule has 1 aromatic carbocycles. The van der Waals surface area contributed by atoms with Gasteiger partial charge in [0.25, 0.3) is 0 Å². The molecule has 0 saturated carbocycles. The molecule has 0 aromatic heterocycles. The summed E-state index contributed by atoms with van der Waals surface area (Å²) in [6.07, 6.45) is 1.75. The summed E-state index contributed by atoms with van der Waals surface area (Å²) in [5.41, 5.74) is 1.86. The van der Waals surface area contributed by atoms with Crippen LogP contribution in [0.3, 0.4) is 0 Å². The third-order valence-electron chi connectivity index (χ3n) is 3.96. The number of aliphatic hydroxyl groups is 1. The van der Waals surface area contributed by atoms with Gasteiger partial charge in [-0.25, -0.2) is 0 Å².